The maximum Gasteiger partial charge on any atom is 0.318 e. The topological polar surface area (TPSA) is 82.2 Å². The Morgan fingerprint density at radius 3 is 2.57 bits per heavy atom. The minimum absolute atomic E-state index is 0.0101. The quantitative estimate of drug-likeness (QED) is 0.711. The van der Waals surface area contributed by atoms with Crippen LogP contribution in [0, 0.1) is 0 Å². The highest BCUT2D eigenvalue weighted by Gasteiger charge is 2.33. The van der Waals surface area contributed by atoms with Crippen LogP contribution in [0.1, 0.15) is 32.1 Å². The highest BCUT2D eigenvalue weighted by molar-refractivity contribution is 6.30. The first-order valence-electron chi connectivity index (χ1n) is 10.4. The molecule has 0 unspecified atom stereocenters. The van der Waals surface area contributed by atoms with Crippen LogP contribution in [-0.2, 0) is 14.3 Å². The number of hydrogen-bond acceptors (Lipinski definition) is 4. The zero-order valence-electron chi connectivity index (χ0n) is 17.3. The van der Waals surface area contributed by atoms with Crippen LogP contribution in [0.15, 0.2) is 24.3 Å². The fraction of sp³-hybridized carbons (Fsp3) is 0.571. The van der Waals surface area contributed by atoms with Crippen LogP contribution in [0.25, 0.3) is 0 Å². The fourth-order valence-electron chi connectivity index (χ4n) is 3.79. The van der Waals surface area contributed by atoms with Crippen molar-refractivity contribution in [1.29, 1.82) is 0 Å². The lowest BCUT2D eigenvalue weighted by molar-refractivity contribution is -0.132. The van der Waals surface area contributed by atoms with Crippen molar-refractivity contribution in [2.75, 3.05) is 44.9 Å². The molecule has 1 saturated heterocycles. The molecular formula is C21H29ClN4O4. The van der Waals surface area contributed by atoms with Crippen molar-refractivity contribution in [2.24, 2.45) is 0 Å². The van der Waals surface area contributed by atoms with Gasteiger partial charge in [-0.15, -0.1) is 0 Å². The van der Waals surface area contributed by atoms with Gasteiger partial charge in [0.2, 0.25) is 11.8 Å². The van der Waals surface area contributed by atoms with Gasteiger partial charge in [-0.05, 0) is 37.1 Å². The first-order chi connectivity index (χ1) is 14.5. The van der Waals surface area contributed by atoms with E-state index in [-0.39, 0.29) is 43.6 Å². The molecule has 9 heteroatoms. The molecule has 1 aromatic carbocycles. The highest BCUT2D eigenvalue weighted by atomic mass is 35.5. The molecule has 1 aliphatic heterocycles. The Hall–Kier alpha value is -2.32. The number of hydrogen-bond donors (Lipinski definition) is 1. The largest absolute Gasteiger partial charge is 0.383 e. The van der Waals surface area contributed by atoms with E-state index in [4.69, 9.17) is 16.3 Å². The highest BCUT2D eigenvalue weighted by Crippen LogP contribution is 2.22. The summed E-state index contributed by atoms with van der Waals surface area (Å²) in [6.45, 7) is 0.694. The molecule has 0 bridgehead atoms. The molecule has 2 aliphatic rings. The minimum atomic E-state index is -0.269. The van der Waals surface area contributed by atoms with Gasteiger partial charge in [-0.1, -0.05) is 30.9 Å². The SMILES string of the molecule is COCCN(CC(=O)N1CC(=O)N(c2ccc(Cl)cc2)C1)C(=O)NC1CCCCC1. The second-order valence-electron chi connectivity index (χ2n) is 7.73. The number of halogens is 1. The van der Waals surface area contributed by atoms with Gasteiger partial charge in [-0.25, -0.2) is 4.79 Å². The molecule has 8 nitrogen and oxygen atoms in total. The van der Waals surface area contributed by atoms with E-state index in [2.05, 4.69) is 5.32 Å². The van der Waals surface area contributed by atoms with E-state index in [9.17, 15) is 14.4 Å². The van der Waals surface area contributed by atoms with E-state index in [1.54, 1.807) is 31.4 Å². The van der Waals surface area contributed by atoms with Crippen LogP contribution in [0.2, 0.25) is 5.02 Å². The van der Waals surface area contributed by atoms with Crippen LogP contribution < -0.4 is 10.2 Å². The standard InChI is InChI=1S/C21H29ClN4O4/c1-30-12-11-24(21(29)23-17-5-3-2-4-6-17)13-19(27)25-14-20(28)26(15-25)18-9-7-16(22)8-10-18/h7-10,17H,2-6,11-15H2,1H3,(H,23,29). The predicted octanol–water partition coefficient (Wildman–Crippen LogP) is 2.46. The predicted molar refractivity (Wildman–Crippen MR) is 114 cm³/mol. The summed E-state index contributed by atoms with van der Waals surface area (Å²) in [5, 5.41) is 3.62. The Labute approximate surface area is 182 Å². The van der Waals surface area contributed by atoms with Gasteiger partial charge < -0.3 is 19.9 Å². The first-order valence-corrected chi connectivity index (χ1v) is 10.7. The average molecular weight is 437 g/mol. The van der Waals surface area contributed by atoms with Gasteiger partial charge in [0.25, 0.3) is 0 Å². The number of urea groups is 1. The summed E-state index contributed by atoms with van der Waals surface area (Å²) in [6.07, 6.45) is 5.35. The van der Waals surface area contributed by atoms with Crippen LogP contribution in [-0.4, -0.2) is 73.7 Å². The van der Waals surface area contributed by atoms with Crippen LogP contribution in [0.3, 0.4) is 0 Å². The summed E-state index contributed by atoms with van der Waals surface area (Å²) in [7, 11) is 1.56. The molecule has 1 N–H and O–H groups in total. The van der Waals surface area contributed by atoms with Gasteiger partial charge in [0.1, 0.15) is 19.8 Å². The second kappa shape index (κ2) is 10.6. The maximum absolute atomic E-state index is 12.9. The molecule has 1 aromatic rings. The van der Waals surface area contributed by atoms with Gasteiger partial charge in [0.15, 0.2) is 0 Å². The number of carbonyl (C=O) groups is 3. The smallest absolute Gasteiger partial charge is 0.318 e. The number of ether oxygens (including phenoxy) is 1. The van der Waals surface area contributed by atoms with E-state index >= 15 is 0 Å². The molecule has 0 radical (unpaired) electrons. The van der Waals surface area contributed by atoms with Crippen LogP contribution in [0.4, 0.5) is 10.5 Å². The average Bonchev–Trinajstić information content (AvgIpc) is 3.14. The third kappa shape index (κ3) is 5.86. The number of amides is 4. The lowest BCUT2D eigenvalue weighted by Gasteiger charge is -2.29. The zero-order chi connectivity index (χ0) is 21.5. The molecule has 3 rings (SSSR count). The summed E-state index contributed by atoms with van der Waals surface area (Å²) in [6, 6.07) is 6.80. The van der Waals surface area contributed by atoms with E-state index in [0.29, 0.717) is 23.9 Å². The molecule has 0 atom stereocenters. The summed E-state index contributed by atoms with van der Waals surface area (Å²) < 4.78 is 5.10. The number of carbonyl (C=O) groups excluding carboxylic acids is 3. The molecule has 1 aliphatic carbocycles. The van der Waals surface area contributed by atoms with Crippen LogP contribution >= 0.6 is 11.6 Å². The number of nitrogens with one attached hydrogen (secondary N) is 1. The summed E-state index contributed by atoms with van der Waals surface area (Å²) in [4.78, 5) is 42.5. The van der Waals surface area contributed by atoms with Gasteiger partial charge in [0, 0.05) is 30.4 Å². The van der Waals surface area contributed by atoms with Gasteiger partial charge in [-0.3, -0.25) is 14.5 Å². The zero-order valence-corrected chi connectivity index (χ0v) is 18.1. The number of methoxy groups -OCH3 is 1. The molecule has 1 saturated carbocycles. The molecule has 30 heavy (non-hydrogen) atoms. The van der Waals surface area contributed by atoms with Crippen molar-refractivity contribution in [3.05, 3.63) is 29.3 Å². The first kappa shape index (κ1) is 22.4. The monoisotopic (exact) mass is 436 g/mol. The number of rotatable bonds is 7. The van der Waals surface area contributed by atoms with Crippen molar-refractivity contribution in [2.45, 2.75) is 38.1 Å². The molecule has 4 amide bonds. The number of anilines is 1. The molecule has 2 fully saturated rings. The van der Waals surface area contributed by atoms with E-state index in [1.807, 2.05) is 0 Å². The van der Waals surface area contributed by atoms with Gasteiger partial charge in [-0.2, -0.15) is 0 Å². The third-order valence-electron chi connectivity index (χ3n) is 5.54. The third-order valence-corrected chi connectivity index (χ3v) is 5.79. The van der Waals surface area contributed by atoms with Gasteiger partial charge >= 0.3 is 6.03 Å². The Bertz CT molecular complexity index is 752. The van der Waals surface area contributed by atoms with Crippen LogP contribution in [0.5, 0.6) is 0 Å². The summed E-state index contributed by atoms with van der Waals surface area (Å²) in [5.41, 5.74) is 0.686. The number of nitrogens with zero attached hydrogens (tertiary/aromatic N) is 3. The molecule has 1 heterocycles. The normalized spacial score (nSPS) is 17.3. The maximum atomic E-state index is 12.9. The van der Waals surface area contributed by atoms with Crippen molar-refractivity contribution in [3.63, 3.8) is 0 Å². The van der Waals surface area contributed by atoms with Gasteiger partial charge in [0.05, 0.1) is 6.61 Å². The van der Waals surface area contributed by atoms with E-state index in [1.165, 1.54) is 21.1 Å². The lowest BCUT2D eigenvalue weighted by atomic mass is 9.96. The Balaban J connectivity index is 1.59. The van der Waals surface area contributed by atoms with E-state index in [0.717, 1.165) is 25.7 Å². The Kier molecular flexibility index (Phi) is 7.93. The summed E-state index contributed by atoms with van der Waals surface area (Å²) >= 11 is 5.91. The van der Waals surface area contributed by atoms with Crippen molar-refractivity contribution < 1.29 is 19.1 Å². The van der Waals surface area contributed by atoms with Crippen molar-refractivity contribution >= 4 is 35.1 Å². The molecular weight excluding hydrogens is 408 g/mol. The molecule has 0 aromatic heterocycles. The molecule has 0 spiro atoms. The molecule has 164 valence electrons. The lowest BCUT2D eigenvalue weighted by Crippen LogP contribution is -2.50. The number of benzene rings is 1. The Morgan fingerprint density at radius 2 is 1.90 bits per heavy atom. The minimum Gasteiger partial charge on any atom is -0.383 e. The van der Waals surface area contributed by atoms with Crippen molar-refractivity contribution in [1.82, 2.24) is 15.1 Å². The Morgan fingerprint density at radius 1 is 1.20 bits per heavy atom. The summed E-state index contributed by atoms with van der Waals surface area (Å²) in [5.74, 6) is -0.435. The van der Waals surface area contributed by atoms with E-state index < -0.39 is 0 Å². The van der Waals surface area contributed by atoms with Crippen molar-refractivity contribution in [3.8, 4) is 0 Å². The second-order valence-corrected chi connectivity index (χ2v) is 8.17. The fourth-order valence-corrected chi connectivity index (χ4v) is 3.92.